The molecule has 1 fully saturated rings. The molecule has 1 saturated carbocycles. The molecule has 4 nitrogen and oxygen atoms in total. The molecule has 106 valence electrons. The summed E-state index contributed by atoms with van der Waals surface area (Å²) < 4.78 is 12.3. The minimum Gasteiger partial charge on any atom is -0.358 e. The van der Waals surface area contributed by atoms with Crippen molar-refractivity contribution in [1.29, 1.82) is 0 Å². The quantitative estimate of drug-likeness (QED) is 0.791. The third-order valence-electron chi connectivity index (χ3n) is 3.56. The van der Waals surface area contributed by atoms with Crippen molar-refractivity contribution in [2.45, 2.75) is 56.7 Å². The van der Waals surface area contributed by atoms with Crippen LogP contribution in [-0.2, 0) is 15.6 Å². The van der Waals surface area contributed by atoms with Crippen molar-refractivity contribution < 1.29 is 9.00 Å². The molecule has 1 aliphatic carbocycles. The lowest BCUT2D eigenvalue weighted by molar-refractivity contribution is -0.118. The number of hydrogen-bond donors (Lipinski definition) is 2. The molecule has 0 heterocycles. The first-order chi connectivity index (χ1) is 8.69. The zero-order chi connectivity index (χ0) is 13.4. The van der Waals surface area contributed by atoms with Crippen LogP contribution in [0.5, 0.6) is 0 Å². The summed E-state index contributed by atoms with van der Waals surface area (Å²) >= 11 is 0. The van der Waals surface area contributed by atoms with Crippen molar-refractivity contribution in [1.82, 2.24) is 10.6 Å². The SMILES string of the molecule is CCNC1CCCCCCC1S(=O)CC(=O)NC. The second-order valence-electron chi connectivity index (χ2n) is 4.89. The molecule has 0 aromatic rings. The average molecular weight is 274 g/mol. The Morgan fingerprint density at radius 3 is 2.50 bits per heavy atom. The summed E-state index contributed by atoms with van der Waals surface area (Å²) in [4.78, 5) is 11.4. The molecule has 3 unspecified atom stereocenters. The third kappa shape index (κ3) is 5.06. The van der Waals surface area contributed by atoms with E-state index in [0.29, 0.717) is 6.04 Å². The fraction of sp³-hybridized carbons (Fsp3) is 0.923. The number of rotatable bonds is 5. The second kappa shape index (κ2) is 8.64. The lowest BCUT2D eigenvalue weighted by Crippen LogP contribution is -2.44. The minimum absolute atomic E-state index is 0.120. The average Bonchev–Trinajstić information content (AvgIpc) is 2.32. The van der Waals surface area contributed by atoms with Crippen molar-refractivity contribution in [3.63, 3.8) is 0 Å². The Labute approximate surface area is 113 Å². The predicted molar refractivity (Wildman–Crippen MR) is 76.0 cm³/mol. The Kier molecular flexibility index (Phi) is 7.51. The van der Waals surface area contributed by atoms with Gasteiger partial charge in [-0.05, 0) is 19.4 Å². The van der Waals surface area contributed by atoms with Crippen molar-refractivity contribution in [3.05, 3.63) is 0 Å². The van der Waals surface area contributed by atoms with Crippen LogP contribution in [0, 0.1) is 0 Å². The van der Waals surface area contributed by atoms with Crippen LogP contribution in [-0.4, -0.2) is 40.8 Å². The highest BCUT2D eigenvalue weighted by Gasteiger charge is 2.28. The smallest absolute Gasteiger partial charge is 0.232 e. The molecule has 0 aromatic carbocycles. The fourth-order valence-electron chi connectivity index (χ4n) is 2.57. The van der Waals surface area contributed by atoms with Gasteiger partial charge in [0, 0.05) is 23.9 Å². The first-order valence-corrected chi connectivity index (χ1v) is 8.38. The van der Waals surface area contributed by atoms with Gasteiger partial charge in [-0.25, -0.2) is 0 Å². The Morgan fingerprint density at radius 1 is 1.22 bits per heavy atom. The van der Waals surface area contributed by atoms with Gasteiger partial charge in [-0.2, -0.15) is 0 Å². The van der Waals surface area contributed by atoms with E-state index in [1.807, 2.05) is 0 Å². The number of hydrogen-bond acceptors (Lipinski definition) is 3. The Hall–Kier alpha value is -0.420. The van der Waals surface area contributed by atoms with E-state index in [2.05, 4.69) is 17.6 Å². The highest BCUT2D eigenvalue weighted by atomic mass is 32.2. The number of carbonyl (C=O) groups is 1. The largest absolute Gasteiger partial charge is 0.358 e. The van der Waals surface area contributed by atoms with Gasteiger partial charge in [-0.1, -0.05) is 32.6 Å². The summed E-state index contributed by atoms with van der Waals surface area (Å²) in [5.74, 6) is 0.0221. The zero-order valence-corrected chi connectivity index (χ0v) is 12.4. The number of nitrogens with one attached hydrogen (secondary N) is 2. The third-order valence-corrected chi connectivity index (χ3v) is 5.35. The number of carbonyl (C=O) groups excluding carboxylic acids is 1. The van der Waals surface area contributed by atoms with Crippen LogP contribution in [0.1, 0.15) is 45.4 Å². The van der Waals surface area contributed by atoms with E-state index in [1.54, 1.807) is 7.05 Å². The standard InChI is InChI=1S/C13H26N2O2S/c1-3-15-11-8-6-4-5-7-9-12(11)18(17)10-13(16)14-2/h11-12,15H,3-10H2,1-2H3,(H,14,16). The van der Waals surface area contributed by atoms with Gasteiger partial charge >= 0.3 is 0 Å². The highest BCUT2D eigenvalue weighted by Crippen LogP contribution is 2.21. The second-order valence-corrected chi connectivity index (χ2v) is 6.55. The summed E-state index contributed by atoms with van der Waals surface area (Å²) in [6.07, 6.45) is 6.89. The molecule has 0 bridgehead atoms. The monoisotopic (exact) mass is 274 g/mol. The van der Waals surface area contributed by atoms with Gasteiger partial charge in [0.05, 0.1) is 5.25 Å². The normalized spacial score (nSPS) is 27.0. The van der Waals surface area contributed by atoms with Gasteiger partial charge in [0.1, 0.15) is 5.75 Å². The van der Waals surface area contributed by atoms with Gasteiger partial charge in [0.15, 0.2) is 0 Å². The van der Waals surface area contributed by atoms with Crippen LogP contribution in [0.15, 0.2) is 0 Å². The van der Waals surface area contributed by atoms with Gasteiger partial charge in [0.25, 0.3) is 0 Å². The summed E-state index contributed by atoms with van der Waals surface area (Å²) in [5, 5.41) is 6.13. The molecular weight excluding hydrogens is 248 g/mol. The maximum absolute atomic E-state index is 12.3. The van der Waals surface area contributed by atoms with Crippen molar-refractivity contribution in [2.75, 3.05) is 19.3 Å². The number of amides is 1. The molecule has 0 saturated heterocycles. The molecule has 1 rings (SSSR count). The first-order valence-electron chi connectivity index (χ1n) is 7.00. The molecule has 2 N–H and O–H groups in total. The van der Waals surface area contributed by atoms with E-state index < -0.39 is 10.8 Å². The van der Waals surface area contributed by atoms with Crippen molar-refractivity contribution >= 4 is 16.7 Å². The van der Waals surface area contributed by atoms with E-state index in [0.717, 1.165) is 25.8 Å². The Balaban J connectivity index is 2.63. The molecule has 5 heteroatoms. The first kappa shape index (κ1) is 15.6. The molecule has 0 spiro atoms. The maximum atomic E-state index is 12.3. The van der Waals surface area contributed by atoms with Crippen LogP contribution in [0.25, 0.3) is 0 Å². The lowest BCUT2D eigenvalue weighted by atomic mass is 9.96. The maximum Gasteiger partial charge on any atom is 0.232 e. The predicted octanol–water partition coefficient (Wildman–Crippen LogP) is 1.18. The van der Waals surface area contributed by atoms with Crippen LogP contribution < -0.4 is 10.6 Å². The van der Waals surface area contributed by atoms with E-state index in [9.17, 15) is 9.00 Å². The van der Waals surface area contributed by atoms with Crippen molar-refractivity contribution in [3.8, 4) is 0 Å². The zero-order valence-electron chi connectivity index (χ0n) is 11.5. The van der Waals surface area contributed by atoms with Gasteiger partial charge in [0.2, 0.25) is 5.91 Å². The van der Waals surface area contributed by atoms with E-state index in [1.165, 1.54) is 19.3 Å². The summed E-state index contributed by atoms with van der Waals surface area (Å²) in [6, 6.07) is 0.306. The van der Waals surface area contributed by atoms with Crippen LogP contribution in [0.3, 0.4) is 0 Å². The summed E-state index contributed by atoms with van der Waals surface area (Å²) in [6.45, 7) is 2.98. The topological polar surface area (TPSA) is 58.2 Å². The van der Waals surface area contributed by atoms with E-state index in [-0.39, 0.29) is 16.9 Å². The van der Waals surface area contributed by atoms with Gasteiger partial charge in [-0.15, -0.1) is 0 Å². The molecule has 1 amide bonds. The highest BCUT2D eigenvalue weighted by molar-refractivity contribution is 7.86. The van der Waals surface area contributed by atoms with Crippen LogP contribution in [0.2, 0.25) is 0 Å². The summed E-state index contributed by atoms with van der Waals surface area (Å²) in [7, 11) is 0.535. The van der Waals surface area contributed by atoms with E-state index in [4.69, 9.17) is 0 Å². The molecule has 3 atom stereocenters. The molecule has 0 aromatic heterocycles. The molecule has 1 aliphatic rings. The Morgan fingerprint density at radius 2 is 1.89 bits per heavy atom. The van der Waals surface area contributed by atoms with Crippen LogP contribution >= 0.6 is 0 Å². The van der Waals surface area contributed by atoms with E-state index >= 15 is 0 Å². The molecule has 18 heavy (non-hydrogen) atoms. The minimum atomic E-state index is -1.06. The Bertz CT molecular complexity index is 284. The van der Waals surface area contributed by atoms with Gasteiger partial charge in [-0.3, -0.25) is 9.00 Å². The fourth-order valence-corrected chi connectivity index (χ4v) is 4.21. The molecule has 0 aliphatic heterocycles. The van der Waals surface area contributed by atoms with Gasteiger partial charge < -0.3 is 10.6 Å². The molecule has 0 radical (unpaired) electrons. The summed E-state index contributed by atoms with van der Waals surface area (Å²) in [5.41, 5.74) is 0. The lowest BCUT2D eigenvalue weighted by Gasteiger charge is -2.29. The molecular formula is C13H26N2O2S. The van der Waals surface area contributed by atoms with Crippen molar-refractivity contribution in [2.24, 2.45) is 0 Å². The van der Waals surface area contributed by atoms with Crippen LogP contribution in [0.4, 0.5) is 0 Å².